The molecule has 0 spiro atoms. The molecule has 0 radical (unpaired) electrons. The standard InChI is InChI=1S/C20H20O3S/c1-20(2,14-15-8-4-3-5-9-15)18-13-12-16-10-6-7-11-17(16)19(18)24(21,22)23/h3-13H,14H2,1-2H3,(H,21,22,23). The monoisotopic (exact) mass is 340 g/mol. The van der Waals surface area contributed by atoms with Crippen molar-refractivity contribution in [3.63, 3.8) is 0 Å². The van der Waals surface area contributed by atoms with Crippen LogP contribution in [0, 0.1) is 0 Å². The number of benzene rings is 3. The fourth-order valence-electron chi connectivity index (χ4n) is 3.26. The van der Waals surface area contributed by atoms with Gasteiger partial charge < -0.3 is 0 Å². The summed E-state index contributed by atoms with van der Waals surface area (Å²) in [5.74, 6) is 0. The summed E-state index contributed by atoms with van der Waals surface area (Å²) >= 11 is 0. The summed E-state index contributed by atoms with van der Waals surface area (Å²) < 4.78 is 34.1. The molecule has 0 saturated carbocycles. The van der Waals surface area contributed by atoms with E-state index < -0.39 is 15.5 Å². The third kappa shape index (κ3) is 3.21. The van der Waals surface area contributed by atoms with Gasteiger partial charge in [-0.1, -0.05) is 80.6 Å². The van der Waals surface area contributed by atoms with Crippen molar-refractivity contribution in [3.8, 4) is 0 Å². The predicted molar refractivity (Wildman–Crippen MR) is 96.9 cm³/mol. The molecule has 4 heteroatoms. The van der Waals surface area contributed by atoms with Gasteiger partial charge in [-0.15, -0.1) is 0 Å². The van der Waals surface area contributed by atoms with Crippen LogP contribution in [0.1, 0.15) is 25.0 Å². The normalized spacial score (nSPS) is 12.5. The number of fused-ring (bicyclic) bond motifs is 1. The molecule has 0 saturated heterocycles. The highest BCUT2D eigenvalue weighted by molar-refractivity contribution is 7.86. The molecule has 0 heterocycles. The molecule has 3 aromatic rings. The van der Waals surface area contributed by atoms with Crippen LogP contribution in [0.25, 0.3) is 10.8 Å². The summed E-state index contributed by atoms with van der Waals surface area (Å²) in [6.45, 7) is 4.00. The van der Waals surface area contributed by atoms with Gasteiger partial charge in [0.1, 0.15) is 4.90 Å². The molecule has 0 amide bonds. The minimum atomic E-state index is -4.34. The van der Waals surface area contributed by atoms with Crippen molar-refractivity contribution in [1.29, 1.82) is 0 Å². The van der Waals surface area contributed by atoms with Crippen LogP contribution in [-0.4, -0.2) is 13.0 Å². The smallest absolute Gasteiger partial charge is 0.282 e. The lowest BCUT2D eigenvalue weighted by atomic mass is 9.78. The molecular weight excluding hydrogens is 320 g/mol. The third-order valence-electron chi connectivity index (χ3n) is 4.36. The summed E-state index contributed by atoms with van der Waals surface area (Å²) in [7, 11) is -4.34. The maximum absolute atomic E-state index is 12.1. The van der Waals surface area contributed by atoms with Crippen LogP contribution < -0.4 is 0 Å². The molecule has 0 aromatic heterocycles. The number of rotatable bonds is 4. The molecule has 1 N–H and O–H groups in total. The first kappa shape index (κ1) is 16.7. The average molecular weight is 340 g/mol. The van der Waals surface area contributed by atoms with E-state index in [4.69, 9.17) is 0 Å². The predicted octanol–water partition coefficient (Wildman–Crippen LogP) is 4.61. The molecule has 0 bridgehead atoms. The van der Waals surface area contributed by atoms with Crippen LogP contribution in [-0.2, 0) is 22.0 Å². The Morgan fingerprint density at radius 2 is 1.50 bits per heavy atom. The highest BCUT2D eigenvalue weighted by Crippen LogP contribution is 2.36. The van der Waals surface area contributed by atoms with Crippen LogP contribution >= 0.6 is 0 Å². The Morgan fingerprint density at radius 1 is 0.875 bits per heavy atom. The average Bonchev–Trinajstić information content (AvgIpc) is 2.53. The SMILES string of the molecule is CC(C)(Cc1ccccc1)c1ccc2ccccc2c1S(=O)(=O)O. The van der Waals surface area contributed by atoms with Gasteiger partial charge in [-0.05, 0) is 28.3 Å². The van der Waals surface area contributed by atoms with Gasteiger partial charge in [0.2, 0.25) is 0 Å². The van der Waals surface area contributed by atoms with Crippen molar-refractivity contribution in [3.05, 3.63) is 77.9 Å². The summed E-state index contributed by atoms with van der Waals surface area (Å²) in [5.41, 5.74) is 1.31. The molecule has 0 atom stereocenters. The van der Waals surface area contributed by atoms with E-state index in [1.807, 2.05) is 68.4 Å². The molecule has 3 aromatic carbocycles. The molecule has 0 aliphatic rings. The summed E-state index contributed by atoms with van der Waals surface area (Å²) in [4.78, 5) is 0.0153. The molecule has 0 aliphatic heterocycles. The van der Waals surface area contributed by atoms with Gasteiger partial charge in [0.05, 0.1) is 0 Å². The Bertz CT molecular complexity index is 974. The van der Waals surface area contributed by atoms with Gasteiger partial charge in [-0.2, -0.15) is 8.42 Å². The molecule has 24 heavy (non-hydrogen) atoms. The topological polar surface area (TPSA) is 54.4 Å². The largest absolute Gasteiger partial charge is 0.295 e. The molecule has 0 unspecified atom stereocenters. The van der Waals surface area contributed by atoms with Gasteiger partial charge in [-0.3, -0.25) is 4.55 Å². The van der Waals surface area contributed by atoms with Crippen molar-refractivity contribution >= 4 is 20.9 Å². The van der Waals surface area contributed by atoms with Gasteiger partial charge >= 0.3 is 0 Å². The maximum atomic E-state index is 12.1. The summed E-state index contributed by atoms with van der Waals surface area (Å²) in [6, 6.07) is 20.9. The Kier molecular flexibility index (Phi) is 4.20. The van der Waals surface area contributed by atoms with Crippen molar-refractivity contribution in [2.24, 2.45) is 0 Å². The zero-order chi connectivity index (χ0) is 17.4. The van der Waals surface area contributed by atoms with Crippen LogP contribution in [0.4, 0.5) is 0 Å². The summed E-state index contributed by atoms with van der Waals surface area (Å²) in [6.07, 6.45) is 0.675. The van der Waals surface area contributed by atoms with Gasteiger partial charge in [-0.25, -0.2) is 0 Å². The van der Waals surface area contributed by atoms with Crippen LogP contribution in [0.3, 0.4) is 0 Å². The van der Waals surface area contributed by atoms with Crippen molar-refractivity contribution in [1.82, 2.24) is 0 Å². The molecule has 0 aliphatic carbocycles. The van der Waals surface area contributed by atoms with E-state index in [1.165, 1.54) is 0 Å². The quantitative estimate of drug-likeness (QED) is 0.706. The second-order valence-electron chi connectivity index (χ2n) is 6.68. The van der Waals surface area contributed by atoms with Crippen molar-refractivity contribution in [2.45, 2.75) is 30.6 Å². The maximum Gasteiger partial charge on any atom is 0.295 e. The lowest BCUT2D eigenvalue weighted by molar-refractivity contribution is 0.470. The Balaban J connectivity index is 2.22. The van der Waals surface area contributed by atoms with Crippen LogP contribution in [0.15, 0.2) is 71.6 Å². The van der Waals surface area contributed by atoms with Crippen LogP contribution in [0.2, 0.25) is 0 Å². The molecule has 3 rings (SSSR count). The second-order valence-corrected chi connectivity index (χ2v) is 8.04. The fraction of sp³-hybridized carbons (Fsp3) is 0.200. The van der Waals surface area contributed by atoms with E-state index in [1.54, 1.807) is 12.1 Å². The zero-order valence-electron chi connectivity index (χ0n) is 13.7. The van der Waals surface area contributed by atoms with Gasteiger partial charge in [0.25, 0.3) is 10.1 Å². The lowest BCUT2D eigenvalue weighted by Gasteiger charge is -2.28. The van der Waals surface area contributed by atoms with Gasteiger partial charge in [0.15, 0.2) is 0 Å². The first-order chi connectivity index (χ1) is 11.3. The van der Waals surface area contributed by atoms with E-state index in [2.05, 4.69) is 0 Å². The molecule has 0 fully saturated rings. The van der Waals surface area contributed by atoms with Gasteiger partial charge in [0, 0.05) is 5.39 Å². The Hall–Kier alpha value is -2.17. The minimum absolute atomic E-state index is 0.0153. The Morgan fingerprint density at radius 3 is 2.17 bits per heavy atom. The third-order valence-corrected chi connectivity index (χ3v) is 5.31. The number of hydrogen-bond acceptors (Lipinski definition) is 2. The first-order valence-electron chi connectivity index (χ1n) is 7.83. The highest BCUT2D eigenvalue weighted by atomic mass is 32.2. The van der Waals surface area contributed by atoms with E-state index >= 15 is 0 Å². The summed E-state index contributed by atoms with van der Waals surface area (Å²) in [5, 5.41) is 1.35. The molecular formula is C20H20O3S. The van der Waals surface area contributed by atoms with Crippen LogP contribution in [0.5, 0.6) is 0 Å². The van der Waals surface area contributed by atoms with E-state index in [9.17, 15) is 13.0 Å². The first-order valence-corrected chi connectivity index (χ1v) is 9.27. The molecule has 124 valence electrons. The van der Waals surface area contributed by atoms with E-state index in [0.29, 0.717) is 17.4 Å². The number of hydrogen-bond donors (Lipinski definition) is 1. The Labute approximate surface area is 142 Å². The minimum Gasteiger partial charge on any atom is -0.282 e. The van der Waals surface area contributed by atoms with Crippen molar-refractivity contribution in [2.75, 3.05) is 0 Å². The fourth-order valence-corrected chi connectivity index (χ4v) is 4.34. The van der Waals surface area contributed by atoms with E-state index in [0.717, 1.165) is 10.9 Å². The highest BCUT2D eigenvalue weighted by Gasteiger charge is 2.30. The second kappa shape index (κ2) is 6.04. The lowest BCUT2D eigenvalue weighted by Crippen LogP contribution is -2.24. The van der Waals surface area contributed by atoms with Crippen molar-refractivity contribution < 1.29 is 13.0 Å². The zero-order valence-corrected chi connectivity index (χ0v) is 14.5. The molecule has 3 nitrogen and oxygen atoms in total. The van der Waals surface area contributed by atoms with E-state index in [-0.39, 0.29) is 4.90 Å².